The van der Waals surface area contributed by atoms with Crippen molar-refractivity contribution in [1.82, 2.24) is 35.5 Å². The van der Waals surface area contributed by atoms with Crippen LogP contribution in [0.15, 0.2) is 53.3 Å². The molecule has 4 rings (SSSR count). The van der Waals surface area contributed by atoms with Gasteiger partial charge in [-0.15, -0.1) is 5.10 Å². The second-order valence-electron chi connectivity index (χ2n) is 5.98. The molecule has 0 spiro atoms. The van der Waals surface area contributed by atoms with E-state index in [1.807, 2.05) is 30.3 Å². The van der Waals surface area contributed by atoms with Gasteiger partial charge in [0.05, 0.1) is 22.3 Å². The lowest BCUT2D eigenvalue weighted by Crippen LogP contribution is -2.26. The van der Waals surface area contributed by atoms with Gasteiger partial charge in [-0.25, -0.2) is 4.98 Å². The molecule has 2 heterocycles. The molecule has 2 aromatic heterocycles. The summed E-state index contributed by atoms with van der Waals surface area (Å²) in [6.45, 7) is 0.539. The summed E-state index contributed by atoms with van der Waals surface area (Å²) in [6.07, 6.45) is 2.99. The first-order chi connectivity index (χ1) is 13.2. The van der Waals surface area contributed by atoms with Gasteiger partial charge in [0.25, 0.3) is 5.91 Å². The Morgan fingerprint density at radius 3 is 2.93 bits per heavy atom. The molecule has 0 fully saturated rings. The van der Waals surface area contributed by atoms with E-state index < -0.39 is 0 Å². The molecule has 0 unspecified atom stereocenters. The van der Waals surface area contributed by atoms with Crippen molar-refractivity contribution in [3.63, 3.8) is 0 Å². The molecule has 0 saturated heterocycles. The van der Waals surface area contributed by atoms with E-state index in [4.69, 9.17) is 0 Å². The van der Waals surface area contributed by atoms with Crippen LogP contribution in [-0.2, 0) is 6.42 Å². The first-order valence-corrected chi connectivity index (χ1v) is 9.25. The number of carbonyl (C=O) groups is 1. The third-order valence-corrected chi connectivity index (χ3v) is 4.61. The lowest BCUT2D eigenvalue weighted by Gasteiger charge is -2.10. The van der Waals surface area contributed by atoms with Gasteiger partial charge in [-0.3, -0.25) is 4.79 Å². The SMILES string of the molecule is O=C(NCCCc1nc2ccccc2[nH]1)c1cc(Br)ccc1-n1cnnn1. The molecule has 0 saturated carbocycles. The monoisotopic (exact) mass is 425 g/mol. The Morgan fingerprint density at radius 2 is 2.11 bits per heavy atom. The highest BCUT2D eigenvalue weighted by Gasteiger charge is 2.14. The summed E-state index contributed by atoms with van der Waals surface area (Å²) in [6, 6.07) is 13.3. The molecule has 136 valence electrons. The smallest absolute Gasteiger partial charge is 0.253 e. The van der Waals surface area contributed by atoms with Crippen molar-refractivity contribution in [2.24, 2.45) is 0 Å². The topological polar surface area (TPSA) is 101 Å². The number of para-hydroxylation sites is 2. The number of imidazole rings is 1. The van der Waals surface area contributed by atoms with Crippen LogP contribution >= 0.6 is 15.9 Å². The van der Waals surface area contributed by atoms with Crippen molar-refractivity contribution in [2.45, 2.75) is 12.8 Å². The normalized spacial score (nSPS) is 11.0. The van der Waals surface area contributed by atoms with Gasteiger partial charge in [0, 0.05) is 17.4 Å². The van der Waals surface area contributed by atoms with Crippen LogP contribution in [0.1, 0.15) is 22.6 Å². The number of benzene rings is 2. The number of halogens is 1. The van der Waals surface area contributed by atoms with Crippen LogP contribution in [0.4, 0.5) is 0 Å². The molecule has 27 heavy (non-hydrogen) atoms. The van der Waals surface area contributed by atoms with E-state index in [-0.39, 0.29) is 5.91 Å². The van der Waals surface area contributed by atoms with Gasteiger partial charge < -0.3 is 10.3 Å². The predicted molar refractivity (Wildman–Crippen MR) is 104 cm³/mol. The standard InChI is InChI=1S/C18H16BrN7O/c19-12-7-8-16(26-11-21-24-25-26)13(10-12)18(27)20-9-3-6-17-22-14-4-1-2-5-15(14)23-17/h1-2,4-5,7-8,10-11H,3,6,9H2,(H,20,27)(H,22,23). The summed E-state index contributed by atoms with van der Waals surface area (Å²) in [4.78, 5) is 20.5. The highest BCUT2D eigenvalue weighted by molar-refractivity contribution is 9.10. The quantitative estimate of drug-likeness (QED) is 0.462. The third kappa shape index (κ3) is 3.87. The number of nitrogens with zero attached hydrogens (tertiary/aromatic N) is 5. The van der Waals surface area contributed by atoms with Gasteiger partial charge in [0.15, 0.2) is 0 Å². The average molecular weight is 426 g/mol. The number of fused-ring (bicyclic) bond motifs is 1. The third-order valence-electron chi connectivity index (χ3n) is 4.11. The van der Waals surface area contributed by atoms with Crippen LogP contribution in [-0.4, -0.2) is 42.6 Å². The molecule has 0 aliphatic heterocycles. The molecule has 0 aliphatic rings. The number of aromatic amines is 1. The van der Waals surface area contributed by atoms with Gasteiger partial charge in [0.1, 0.15) is 12.2 Å². The van der Waals surface area contributed by atoms with Crippen LogP contribution in [0.25, 0.3) is 16.7 Å². The summed E-state index contributed by atoms with van der Waals surface area (Å²) in [5.41, 5.74) is 3.10. The van der Waals surface area contributed by atoms with E-state index in [1.165, 1.54) is 11.0 Å². The van der Waals surface area contributed by atoms with Gasteiger partial charge in [-0.05, 0) is 47.2 Å². The number of hydrogen-bond donors (Lipinski definition) is 2. The molecule has 0 radical (unpaired) electrons. The fourth-order valence-corrected chi connectivity index (χ4v) is 3.20. The van der Waals surface area contributed by atoms with Crippen molar-refractivity contribution < 1.29 is 4.79 Å². The summed E-state index contributed by atoms with van der Waals surface area (Å²) in [5, 5.41) is 14.1. The largest absolute Gasteiger partial charge is 0.352 e. The summed E-state index contributed by atoms with van der Waals surface area (Å²) in [5.74, 6) is 0.744. The number of rotatable bonds is 6. The van der Waals surface area contributed by atoms with Crippen LogP contribution < -0.4 is 5.32 Å². The Bertz CT molecular complexity index is 1040. The lowest BCUT2D eigenvalue weighted by atomic mass is 10.1. The number of amides is 1. The first-order valence-electron chi connectivity index (χ1n) is 8.45. The molecule has 9 heteroatoms. The zero-order valence-electron chi connectivity index (χ0n) is 14.3. The number of carbonyl (C=O) groups excluding carboxylic acids is 1. The van der Waals surface area contributed by atoms with Gasteiger partial charge in [-0.2, -0.15) is 4.68 Å². The maximum absolute atomic E-state index is 12.6. The Morgan fingerprint density at radius 1 is 1.22 bits per heavy atom. The molecule has 0 aliphatic carbocycles. The fraction of sp³-hybridized carbons (Fsp3) is 0.167. The molecular weight excluding hydrogens is 410 g/mol. The highest BCUT2D eigenvalue weighted by atomic mass is 79.9. The second kappa shape index (κ2) is 7.67. The van der Waals surface area contributed by atoms with Crippen LogP contribution in [0.2, 0.25) is 0 Å². The molecule has 1 amide bonds. The van der Waals surface area contributed by atoms with Crippen LogP contribution in [0.5, 0.6) is 0 Å². The molecule has 0 atom stereocenters. The van der Waals surface area contributed by atoms with E-state index >= 15 is 0 Å². The van der Waals surface area contributed by atoms with E-state index in [1.54, 1.807) is 12.1 Å². The number of tetrazole rings is 1. The van der Waals surface area contributed by atoms with Crippen molar-refractivity contribution in [3.05, 3.63) is 64.7 Å². The summed E-state index contributed by atoms with van der Waals surface area (Å²) in [7, 11) is 0. The highest BCUT2D eigenvalue weighted by Crippen LogP contribution is 2.19. The second-order valence-corrected chi connectivity index (χ2v) is 6.89. The maximum atomic E-state index is 12.6. The minimum atomic E-state index is -0.175. The first kappa shape index (κ1) is 17.3. The number of nitrogens with one attached hydrogen (secondary N) is 2. The van der Waals surface area contributed by atoms with Gasteiger partial charge in [-0.1, -0.05) is 28.1 Å². The summed E-state index contributed by atoms with van der Waals surface area (Å²) >= 11 is 3.40. The van der Waals surface area contributed by atoms with Crippen molar-refractivity contribution in [3.8, 4) is 5.69 Å². The van der Waals surface area contributed by atoms with E-state index in [9.17, 15) is 4.79 Å². The molecular formula is C18H16BrN7O. The van der Waals surface area contributed by atoms with Gasteiger partial charge >= 0.3 is 0 Å². The van der Waals surface area contributed by atoms with Crippen molar-refractivity contribution in [1.29, 1.82) is 0 Å². The van der Waals surface area contributed by atoms with E-state index in [0.717, 1.165) is 34.2 Å². The van der Waals surface area contributed by atoms with Crippen LogP contribution in [0, 0.1) is 0 Å². The fourth-order valence-electron chi connectivity index (χ4n) is 2.84. The molecule has 2 N–H and O–H groups in total. The maximum Gasteiger partial charge on any atom is 0.253 e. The zero-order chi connectivity index (χ0) is 18.6. The zero-order valence-corrected chi connectivity index (χ0v) is 15.8. The number of H-pyrrole nitrogens is 1. The molecule has 8 nitrogen and oxygen atoms in total. The Labute approximate surface area is 163 Å². The predicted octanol–water partition coefficient (Wildman–Crippen LogP) is 2.66. The lowest BCUT2D eigenvalue weighted by molar-refractivity contribution is 0.0953. The molecule has 2 aromatic carbocycles. The average Bonchev–Trinajstić information content (AvgIpc) is 3.34. The van der Waals surface area contributed by atoms with E-state index in [0.29, 0.717) is 17.8 Å². The van der Waals surface area contributed by atoms with E-state index in [2.05, 4.69) is 46.7 Å². The minimum absolute atomic E-state index is 0.175. The molecule has 4 aromatic rings. The number of hydrogen-bond acceptors (Lipinski definition) is 5. The van der Waals surface area contributed by atoms with Crippen LogP contribution in [0.3, 0.4) is 0 Å². The minimum Gasteiger partial charge on any atom is -0.352 e. The van der Waals surface area contributed by atoms with Gasteiger partial charge in [0.2, 0.25) is 0 Å². The Hall–Kier alpha value is -3.07. The summed E-state index contributed by atoms with van der Waals surface area (Å²) < 4.78 is 2.28. The van der Waals surface area contributed by atoms with Crippen molar-refractivity contribution in [2.75, 3.05) is 6.54 Å². The number of aryl methyl sites for hydroxylation is 1. The Kier molecular flexibility index (Phi) is 4.93. The Balaban J connectivity index is 1.39. The molecule has 0 bridgehead atoms. The number of aromatic nitrogens is 6. The van der Waals surface area contributed by atoms with Crippen molar-refractivity contribution >= 4 is 32.9 Å².